The van der Waals surface area contributed by atoms with Crippen LogP contribution in [0.2, 0.25) is 0 Å². The maximum atomic E-state index is 14.1. The van der Waals surface area contributed by atoms with E-state index in [0.29, 0.717) is 40.6 Å². The number of benzene rings is 4. The number of carbonyl (C=O) groups excluding carboxylic acids is 2. The number of hydrogen-bond donors (Lipinski definition) is 1. The summed E-state index contributed by atoms with van der Waals surface area (Å²) in [6, 6.07) is 26.4. The highest BCUT2D eigenvalue weighted by atomic mass is 19.1. The van der Waals surface area contributed by atoms with Crippen LogP contribution in [-0.4, -0.2) is 29.7 Å². The molecule has 0 fully saturated rings. The monoisotopic (exact) mass is 677 g/mol. The van der Waals surface area contributed by atoms with Crippen molar-refractivity contribution >= 4 is 28.9 Å². The second-order valence-corrected chi connectivity index (χ2v) is 14.2. The lowest BCUT2D eigenvalue weighted by molar-refractivity contribution is -0.123. The van der Waals surface area contributed by atoms with Gasteiger partial charge in [0.1, 0.15) is 23.0 Å². The van der Waals surface area contributed by atoms with E-state index in [2.05, 4.69) is 64.1 Å². The summed E-state index contributed by atoms with van der Waals surface area (Å²) >= 11 is 0. The molecule has 2 unspecified atom stereocenters. The third-order valence-corrected chi connectivity index (χ3v) is 9.88. The normalized spacial score (nSPS) is 15.5. The molecule has 0 bridgehead atoms. The zero-order chi connectivity index (χ0) is 36.2. The number of ether oxygens (including phenoxy) is 2. The lowest BCUT2D eigenvalue weighted by Crippen LogP contribution is -2.37. The Labute approximate surface area is 295 Å². The topological polar surface area (TPSA) is 80.2 Å². The number of carbonyl (C=O) groups is 2. The minimum atomic E-state index is -1.10. The molecule has 8 heteroatoms. The number of anilines is 2. The summed E-state index contributed by atoms with van der Waals surface area (Å²) in [5.41, 5.74) is 4.79. The van der Waals surface area contributed by atoms with Crippen molar-refractivity contribution in [1.82, 2.24) is 0 Å². The van der Waals surface area contributed by atoms with Gasteiger partial charge >= 0.3 is 0 Å². The van der Waals surface area contributed by atoms with Crippen LogP contribution in [0.3, 0.4) is 0 Å². The molecular weight excluding hydrogens is 629 g/mol. The van der Waals surface area contributed by atoms with E-state index >= 15 is 0 Å². The molecule has 0 aliphatic carbocycles. The highest BCUT2D eigenvalue weighted by Crippen LogP contribution is 2.39. The van der Waals surface area contributed by atoms with Gasteiger partial charge < -0.3 is 14.8 Å². The summed E-state index contributed by atoms with van der Waals surface area (Å²) in [4.78, 5) is 28.0. The Morgan fingerprint density at radius 1 is 0.900 bits per heavy atom. The van der Waals surface area contributed by atoms with Gasteiger partial charge in [0.2, 0.25) is 6.10 Å². The van der Waals surface area contributed by atoms with Gasteiger partial charge in [-0.25, -0.2) is 4.39 Å². The van der Waals surface area contributed by atoms with Crippen LogP contribution >= 0.6 is 0 Å². The molecule has 0 radical (unpaired) electrons. The van der Waals surface area contributed by atoms with E-state index in [0.717, 1.165) is 24.0 Å². The molecule has 0 aromatic heterocycles. The van der Waals surface area contributed by atoms with Gasteiger partial charge in [0, 0.05) is 11.1 Å². The number of nitrogens with one attached hydrogen (secondary N) is 1. The van der Waals surface area contributed by atoms with Crippen molar-refractivity contribution in [2.24, 2.45) is 5.10 Å². The van der Waals surface area contributed by atoms with E-state index in [1.54, 1.807) is 48.5 Å². The standard InChI is InChI=1S/C42H48FN3O4/c1-9-35(50-36-25-20-29(41(5,6)10-2)26-32(36)42(7,8)11-3)39(47)44-33-14-12-13-15-34(33)46-40(48)38(49-31-23-16-27(4)17-24-31)37(45-46)28-18-21-30(43)22-19-28/h12-26,35,38H,9-11H2,1-8H3,(H,44,47). The number of aryl methyl sites for hydroxylation is 1. The zero-order valence-corrected chi connectivity index (χ0v) is 30.3. The Morgan fingerprint density at radius 2 is 1.56 bits per heavy atom. The first-order valence-corrected chi connectivity index (χ1v) is 17.4. The van der Waals surface area contributed by atoms with Gasteiger partial charge in [-0.1, -0.05) is 103 Å². The third-order valence-electron chi connectivity index (χ3n) is 9.88. The number of para-hydroxylation sites is 2. The van der Waals surface area contributed by atoms with Crippen molar-refractivity contribution in [2.45, 2.75) is 97.7 Å². The van der Waals surface area contributed by atoms with Gasteiger partial charge in [-0.15, -0.1) is 0 Å². The SMILES string of the molecule is CCC(Oc1ccc(C(C)(C)CC)cc1C(C)(C)CC)C(=O)Nc1ccccc1N1N=C(c2ccc(F)cc2)C(Oc2ccc(C)cc2)C1=O. The van der Waals surface area contributed by atoms with Crippen molar-refractivity contribution in [1.29, 1.82) is 0 Å². The predicted molar refractivity (Wildman–Crippen MR) is 199 cm³/mol. The van der Waals surface area contributed by atoms with Crippen molar-refractivity contribution in [3.8, 4) is 11.5 Å². The Balaban J connectivity index is 1.45. The summed E-state index contributed by atoms with van der Waals surface area (Å²) in [6.45, 7) is 17.1. The van der Waals surface area contributed by atoms with Crippen LogP contribution in [0, 0.1) is 12.7 Å². The van der Waals surface area contributed by atoms with Crippen LogP contribution in [0.5, 0.6) is 11.5 Å². The number of hydrogen-bond acceptors (Lipinski definition) is 5. The van der Waals surface area contributed by atoms with E-state index in [1.165, 1.54) is 22.7 Å². The summed E-state index contributed by atoms with van der Waals surface area (Å²) in [5.74, 6) is -0.0240. The van der Waals surface area contributed by atoms with Gasteiger partial charge in [0.15, 0.2) is 6.10 Å². The summed E-state index contributed by atoms with van der Waals surface area (Å²) < 4.78 is 26.6. The molecule has 5 rings (SSSR count). The van der Waals surface area contributed by atoms with Crippen LogP contribution in [0.25, 0.3) is 0 Å². The molecule has 0 spiro atoms. The second kappa shape index (κ2) is 14.9. The van der Waals surface area contributed by atoms with Gasteiger partial charge in [0.05, 0.1) is 11.4 Å². The van der Waals surface area contributed by atoms with Gasteiger partial charge in [-0.3, -0.25) is 9.59 Å². The molecule has 0 saturated carbocycles. The average molecular weight is 678 g/mol. The zero-order valence-electron chi connectivity index (χ0n) is 30.3. The first-order chi connectivity index (χ1) is 23.8. The first-order valence-electron chi connectivity index (χ1n) is 17.4. The van der Waals surface area contributed by atoms with Crippen molar-refractivity contribution in [2.75, 3.05) is 10.3 Å². The molecule has 2 amide bonds. The van der Waals surface area contributed by atoms with Gasteiger partial charge in [-0.05, 0) is 85.0 Å². The Morgan fingerprint density at radius 3 is 2.20 bits per heavy atom. The number of rotatable bonds is 13. The minimum Gasteiger partial charge on any atom is -0.480 e. The maximum Gasteiger partial charge on any atom is 0.294 e. The molecule has 7 nitrogen and oxygen atoms in total. The van der Waals surface area contributed by atoms with Crippen LogP contribution in [-0.2, 0) is 20.4 Å². The lowest BCUT2D eigenvalue weighted by Gasteiger charge is -2.31. The Kier molecular flexibility index (Phi) is 10.8. The van der Waals surface area contributed by atoms with Gasteiger partial charge in [0.25, 0.3) is 11.8 Å². The van der Waals surface area contributed by atoms with Crippen LogP contribution in [0.15, 0.2) is 96.1 Å². The summed E-state index contributed by atoms with van der Waals surface area (Å²) in [5, 5.41) is 8.94. The maximum absolute atomic E-state index is 14.1. The fraction of sp³-hybridized carbons (Fsp3) is 0.357. The number of hydrazone groups is 1. The van der Waals surface area contributed by atoms with E-state index in [1.807, 2.05) is 32.0 Å². The quantitative estimate of drug-likeness (QED) is 0.153. The highest BCUT2D eigenvalue weighted by Gasteiger charge is 2.40. The number of halogens is 1. The van der Waals surface area contributed by atoms with E-state index in [4.69, 9.17) is 9.47 Å². The Hall–Kier alpha value is -4.98. The lowest BCUT2D eigenvalue weighted by atomic mass is 9.76. The van der Waals surface area contributed by atoms with E-state index in [-0.39, 0.29) is 16.7 Å². The fourth-order valence-electron chi connectivity index (χ4n) is 5.73. The van der Waals surface area contributed by atoms with Crippen LogP contribution in [0.4, 0.5) is 15.8 Å². The van der Waals surface area contributed by atoms with Crippen LogP contribution in [0.1, 0.15) is 90.0 Å². The molecule has 1 aliphatic rings. The molecule has 50 heavy (non-hydrogen) atoms. The molecule has 262 valence electrons. The van der Waals surface area contributed by atoms with E-state index < -0.39 is 23.9 Å². The van der Waals surface area contributed by atoms with E-state index in [9.17, 15) is 14.0 Å². The molecule has 1 N–H and O–H groups in total. The smallest absolute Gasteiger partial charge is 0.294 e. The van der Waals surface area contributed by atoms with Crippen molar-refractivity contribution < 1.29 is 23.5 Å². The third kappa shape index (κ3) is 7.75. The summed E-state index contributed by atoms with van der Waals surface area (Å²) in [7, 11) is 0. The molecule has 1 aliphatic heterocycles. The second-order valence-electron chi connectivity index (χ2n) is 14.2. The van der Waals surface area contributed by atoms with Crippen molar-refractivity contribution in [3.05, 3.63) is 119 Å². The molecule has 4 aromatic carbocycles. The van der Waals surface area contributed by atoms with Crippen molar-refractivity contribution in [3.63, 3.8) is 0 Å². The average Bonchev–Trinajstić information content (AvgIpc) is 3.43. The molecule has 2 atom stereocenters. The predicted octanol–water partition coefficient (Wildman–Crippen LogP) is 9.50. The van der Waals surface area contributed by atoms with Crippen LogP contribution < -0.4 is 19.8 Å². The Bertz CT molecular complexity index is 1870. The first kappa shape index (κ1) is 36.3. The molecular formula is C42H48FN3O4. The molecule has 4 aromatic rings. The molecule has 0 saturated heterocycles. The highest BCUT2D eigenvalue weighted by molar-refractivity contribution is 6.24. The minimum absolute atomic E-state index is 0.00141. The largest absolute Gasteiger partial charge is 0.480 e. The number of amides is 2. The van der Waals surface area contributed by atoms with Gasteiger partial charge in [-0.2, -0.15) is 10.1 Å². The summed E-state index contributed by atoms with van der Waals surface area (Å²) in [6.07, 6.45) is 0.412. The fourth-order valence-corrected chi connectivity index (χ4v) is 5.73. The molecule has 1 heterocycles. The number of nitrogens with zero attached hydrogens (tertiary/aromatic N) is 2.